The van der Waals surface area contributed by atoms with Crippen molar-refractivity contribution in [2.45, 2.75) is 0 Å². The fourth-order valence-corrected chi connectivity index (χ4v) is 6.48. The molecule has 5 heteroatoms. The van der Waals surface area contributed by atoms with Crippen LogP contribution in [0.4, 0.5) is 0 Å². The Labute approximate surface area is 283 Å². The molecule has 0 saturated heterocycles. The molecule has 230 valence electrons. The van der Waals surface area contributed by atoms with Crippen LogP contribution in [0.2, 0.25) is 0 Å². The fourth-order valence-electron chi connectivity index (χ4n) is 6.48. The highest BCUT2D eigenvalue weighted by Gasteiger charge is 2.20. The zero-order chi connectivity index (χ0) is 32.6. The summed E-state index contributed by atoms with van der Waals surface area (Å²) in [4.78, 5) is 19.2. The molecule has 0 aliphatic carbocycles. The van der Waals surface area contributed by atoms with Gasteiger partial charge in [-0.1, -0.05) is 152 Å². The Balaban J connectivity index is 1.20. The molecular weight excluding hydrogens is 601 g/mol. The average Bonchev–Trinajstić information content (AvgIpc) is 3.58. The van der Waals surface area contributed by atoms with Crippen LogP contribution >= 0.6 is 0 Å². The predicted octanol–water partition coefficient (Wildman–Crippen LogP) is 11.2. The molecule has 0 bridgehead atoms. The van der Waals surface area contributed by atoms with E-state index in [1.165, 1.54) is 0 Å². The van der Waals surface area contributed by atoms with Gasteiger partial charge in [0.25, 0.3) is 0 Å². The molecule has 0 radical (unpaired) electrons. The number of nitrogens with zero attached hydrogens (tertiary/aromatic N) is 4. The fraction of sp³-hybridized carbons (Fsp3) is 0. The quantitative estimate of drug-likeness (QED) is 0.183. The van der Waals surface area contributed by atoms with E-state index in [-0.39, 0.29) is 0 Å². The largest absolute Gasteiger partial charge is 0.455 e. The lowest BCUT2D eigenvalue weighted by molar-refractivity contribution is 0.671. The molecule has 0 atom stereocenters. The van der Waals surface area contributed by atoms with Crippen molar-refractivity contribution in [1.29, 1.82) is 0 Å². The van der Waals surface area contributed by atoms with Gasteiger partial charge >= 0.3 is 0 Å². The maximum Gasteiger partial charge on any atom is 0.164 e. The average molecular weight is 629 g/mol. The summed E-state index contributed by atoms with van der Waals surface area (Å²) >= 11 is 0. The zero-order valence-electron chi connectivity index (χ0n) is 26.4. The van der Waals surface area contributed by atoms with Crippen LogP contribution in [0.5, 0.6) is 0 Å². The van der Waals surface area contributed by atoms with E-state index < -0.39 is 0 Å². The van der Waals surface area contributed by atoms with Gasteiger partial charge in [-0.05, 0) is 28.3 Å². The first-order valence-corrected chi connectivity index (χ1v) is 16.2. The Morgan fingerprint density at radius 3 is 1.47 bits per heavy atom. The number of hydrogen-bond acceptors (Lipinski definition) is 5. The van der Waals surface area contributed by atoms with Crippen molar-refractivity contribution in [2.75, 3.05) is 0 Å². The summed E-state index contributed by atoms with van der Waals surface area (Å²) < 4.78 is 6.85. The minimum atomic E-state index is 0.603. The van der Waals surface area contributed by atoms with E-state index in [0.717, 1.165) is 72.0 Å². The van der Waals surface area contributed by atoms with Crippen LogP contribution < -0.4 is 0 Å². The van der Waals surface area contributed by atoms with Crippen molar-refractivity contribution in [1.82, 2.24) is 19.9 Å². The van der Waals surface area contributed by atoms with E-state index in [0.29, 0.717) is 17.5 Å². The molecular formula is C44H28N4O. The second-order valence-electron chi connectivity index (χ2n) is 11.9. The van der Waals surface area contributed by atoms with Crippen molar-refractivity contribution < 1.29 is 4.42 Å². The number of aromatic nitrogens is 4. The van der Waals surface area contributed by atoms with Gasteiger partial charge in [0, 0.05) is 51.0 Å². The summed E-state index contributed by atoms with van der Waals surface area (Å²) in [5, 5.41) is 2.13. The van der Waals surface area contributed by atoms with Gasteiger partial charge in [-0.2, -0.15) is 0 Å². The molecule has 0 amide bonds. The van der Waals surface area contributed by atoms with Crippen molar-refractivity contribution in [3.63, 3.8) is 0 Å². The van der Waals surface area contributed by atoms with Crippen molar-refractivity contribution in [3.8, 4) is 67.5 Å². The zero-order valence-corrected chi connectivity index (χ0v) is 26.4. The number of para-hydroxylation sites is 2. The monoisotopic (exact) mass is 628 g/mol. The standard InChI is InChI=1S/C44H28N4O/c1-3-12-31(13-4-1)42-46-43(32-14-5-2-6-15-32)48-44(47-42)39-18-8-7-17-35(39)36-20-10-22-38-37-21-9-19-34(40(37)49-41(36)38)30-25-23-29(24-26-30)33-16-11-27-45-28-33/h1-28H. The molecule has 0 aliphatic rings. The van der Waals surface area contributed by atoms with Gasteiger partial charge in [-0.15, -0.1) is 0 Å². The van der Waals surface area contributed by atoms with E-state index in [9.17, 15) is 0 Å². The Bertz CT molecular complexity index is 2520. The molecule has 5 nitrogen and oxygen atoms in total. The van der Waals surface area contributed by atoms with Crippen LogP contribution in [-0.4, -0.2) is 19.9 Å². The molecule has 49 heavy (non-hydrogen) atoms. The number of pyridine rings is 1. The number of hydrogen-bond donors (Lipinski definition) is 0. The van der Waals surface area contributed by atoms with E-state index in [1.807, 2.05) is 85.1 Å². The van der Waals surface area contributed by atoms with Crippen LogP contribution in [0, 0.1) is 0 Å². The van der Waals surface area contributed by atoms with Gasteiger partial charge in [-0.3, -0.25) is 4.98 Å². The van der Waals surface area contributed by atoms with Crippen molar-refractivity contribution in [2.24, 2.45) is 0 Å². The Morgan fingerprint density at radius 1 is 0.327 bits per heavy atom. The van der Waals surface area contributed by atoms with E-state index in [2.05, 4.69) is 83.8 Å². The van der Waals surface area contributed by atoms with Gasteiger partial charge in [0.2, 0.25) is 0 Å². The summed E-state index contributed by atoms with van der Waals surface area (Å²) in [6, 6.07) is 53.7. The Hall–Kier alpha value is -6.72. The van der Waals surface area contributed by atoms with Crippen molar-refractivity contribution in [3.05, 3.63) is 170 Å². The maximum atomic E-state index is 6.85. The lowest BCUT2D eigenvalue weighted by Crippen LogP contribution is -2.01. The van der Waals surface area contributed by atoms with Gasteiger partial charge in [-0.25, -0.2) is 15.0 Å². The molecule has 0 saturated carbocycles. The normalized spacial score (nSPS) is 11.3. The number of fused-ring (bicyclic) bond motifs is 3. The first-order chi connectivity index (χ1) is 24.3. The lowest BCUT2D eigenvalue weighted by Gasteiger charge is -2.12. The molecule has 9 rings (SSSR count). The van der Waals surface area contributed by atoms with Crippen LogP contribution in [0.3, 0.4) is 0 Å². The molecule has 6 aromatic carbocycles. The van der Waals surface area contributed by atoms with Crippen LogP contribution in [0.1, 0.15) is 0 Å². The summed E-state index contributed by atoms with van der Waals surface area (Å²) in [5.41, 5.74) is 10.7. The number of benzene rings is 6. The highest BCUT2D eigenvalue weighted by molar-refractivity contribution is 6.13. The summed E-state index contributed by atoms with van der Waals surface area (Å²) in [5.74, 6) is 1.85. The van der Waals surface area contributed by atoms with Crippen molar-refractivity contribution >= 4 is 21.9 Å². The minimum Gasteiger partial charge on any atom is -0.455 e. The topological polar surface area (TPSA) is 64.7 Å². The van der Waals surface area contributed by atoms with E-state index in [4.69, 9.17) is 19.4 Å². The third-order valence-electron chi connectivity index (χ3n) is 8.87. The minimum absolute atomic E-state index is 0.603. The third-order valence-corrected chi connectivity index (χ3v) is 8.87. The summed E-state index contributed by atoms with van der Waals surface area (Å²) in [6.07, 6.45) is 3.68. The van der Waals surface area contributed by atoms with Crippen LogP contribution in [-0.2, 0) is 0 Å². The second kappa shape index (κ2) is 12.1. The number of rotatable bonds is 6. The van der Waals surface area contributed by atoms with E-state index in [1.54, 1.807) is 6.20 Å². The highest BCUT2D eigenvalue weighted by atomic mass is 16.3. The molecule has 0 N–H and O–H groups in total. The SMILES string of the molecule is c1ccc(-c2nc(-c3ccccc3)nc(-c3ccccc3-c3cccc4c3oc3c(-c5ccc(-c6cccnc6)cc5)cccc34)n2)cc1. The summed E-state index contributed by atoms with van der Waals surface area (Å²) in [6.45, 7) is 0. The third kappa shape index (κ3) is 5.24. The first kappa shape index (κ1) is 28.5. The first-order valence-electron chi connectivity index (χ1n) is 16.2. The predicted molar refractivity (Wildman–Crippen MR) is 198 cm³/mol. The van der Waals surface area contributed by atoms with Gasteiger partial charge in [0.15, 0.2) is 17.5 Å². The maximum absolute atomic E-state index is 6.85. The second-order valence-corrected chi connectivity index (χ2v) is 11.9. The van der Waals surface area contributed by atoms with Gasteiger partial charge in [0.05, 0.1) is 0 Å². The molecule has 0 aliphatic heterocycles. The van der Waals surface area contributed by atoms with E-state index >= 15 is 0 Å². The molecule has 0 spiro atoms. The van der Waals surface area contributed by atoms with Crippen LogP contribution in [0.25, 0.3) is 89.5 Å². The molecule has 0 unspecified atom stereocenters. The Morgan fingerprint density at radius 2 is 0.837 bits per heavy atom. The van der Waals surface area contributed by atoms with Gasteiger partial charge in [0.1, 0.15) is 11.2 Å². The highest BCUT2D eigenvalue weighted by Crippen LogP contribution is 2.42. The Kier molecular flexibility index (Phi) is 7.06. The van der Waals surface area contributed by atoms with Crippen LogP contribution in [0.15, 0.2) is 175 Å². The molecule has 9 aromatic rings. The molecule has 0 fully saturated rings. The van der Waals surface area contributed by atoms with Gasteiger partial charge < -0.3 is 4.42 Å². The smallest absolute Gasteiger partial charge is 0.164 e. The molecule has 3 aromatic heterocycles. The number of furan rings is 1. The molecule has 3 heterocycles. The lowest BCUT2D eigenvalue weighted by atomic mass is 9.96. The summed E-state index contributed by atoms with van der Waals surface area (Å²) in [7, 11) is 0.